The van der Waals surface area contributed by atoms with E-state index in [0.717, 1.165) is 0 Å². The van der Waals surface area contributed by atoms with E-state index < -0.39 is 6.85 Å². The van der Waals surface area contributed by atoms with Gasteiger partial charge < -0.3 is 0 Å². The van der Waals surface area contributed by atoms with E-state index >= 15 is 0 Å². The molecule has 0 spiro atoms. The quantitative estimate of drug-likeness (QED) is 0.566. The molecule has 1 heterocycles. The van der Waals surface area contributed by atoms with Gasteiger partial charge in [0.2, 0.25) is 0 Å². The third-order valence-corrected chi connectivity index (χ3v) is 1.11. The summed E-state index contributed by atoms with van der Waals surface area (Å²) in [5.74, 6) is 0. The molecule has 0 aliphatic carbocycles. The van der Waals surface area contributed by atoms with Crippen molar-refractivity contribution in [3.05, 3.63) is 23.8 Å². The third-order valence-electron chi connectivity index (χ3n) is 1.11. The van der Waals surface area contributed by atoms with Gasteiger partial charge in [0.05, 0.1) is 11.4 Å². The minimum Gasteiger partial charge on any atom is -0.258 e. The molecule has 1 aromatic heterocycles. The minimum absolute atomic E-state index is 0.118. The van der Waals surface area contributed by atoms with Crippen LogP contribution >= 0.6 is 0 Å². The molecule has 0 unspecified atom stereocenters. The van der Waals surface area contributed by atoms with Gasteiger partial charge in [-0.2, -0.15) is 0 Å². The van der Waals surface area contributed by atoms with Crippen molar-refractivity contribution in [2.75, 3.05) is 0 Å². The summed E-state index contributed by atoms with van der Waals surface area (Å²) in [5.41, 5.74) is 0.671. The molecule has 0 saturated heterocycles. The highest BCUT2D eigenvalue weighted by molar-refractivity contribution is 5.07. The molecule has 0 saturated carbocycles. The summed E-state index contributed by atoms with van der Waals surface area (Å²) in [6.45, 7) is -0.279. The lowest BCUT2D eigenvalue weighted by molar-refractivity contribution is 0.957. The highest BCUT2D eigenvalue weighted by atomic mass is 14.8. The summed E-state index contributed by atoms with van der Waals surface area (Å²) in [5, 5.41) is 0. The second-order valence-corrected chi connectivity index (χ2v) is 1.71. The van der Waals surface area contributed by atoms with Crippen LogP contribution in [0.25, 0.3) is 0 Å². The number of aromatic nitrogens is 2. The van der Waals surface area contributed by atoms with Gasteiger partial charge in [-0.05, 0) is 13.3 Å². The van der Waals surface area contributed by atoms with E-state index in [9.17, 15) is 0 Å². The van der Waals surface area contributed by atoms with Crippen LogP contribution in [-0.4, -0.2) is 9.97 Å². The molecule has 48 valence electrons. The van der Waals surface area contributed by atoms with Crippen molar-refractivity contribution >= 4 is 0 Å². The summed E-state index contributed by atoms with van der Waals surface area (Å²) in [6.07, 6.45) is 3.51. The average Bonchev–Trinajstić information content (AvgIpc) is 2.03. The Kier molecular flexibility index (Phi) is 0.944. The Morgan fingerprint density at radius 3 is 2.89 bits per heavy atom. The predicted molar refractivity (Wildman–Crippen MR) is 36.1 cm³/mol. The molecule has 0 amide bonds. The first kappa shape index (κ1) is 3.30. The molecular weight excluding hydrogens is 112 g/mol. The summed E-state index contributed by atoms with van der Waals surface area (Å²) in [4.78, 5) is 7.74. The van der Waals surface area contributed by atoms with Crippen LogP contribution in [0.5, 0.6) is 0 Å². The smallest absolute Gasteiger partial charge is 0.0613 e. The highest BCUT2D eigenvalue weighted by Crippen LogP contribution is 1.97. The van der Waals surface area contributed by atoms with Crippen LogP contribution in [0.1, 0.15) is 22.4 Å². The molecule has 0 aliphatic heterocycles. The van der Waals surface area contributed by atoms with Crippen molar-refractivity contribution in [2.45, 2.75) is 20.2 Å². The molecule has 1 rings (SSSR count). The molecule has 0 N–H and O–H groups in total. The molecule has 1 aromatic rings. The van der Waals surface area contributed by atoms with Crippen molar-refractivity contribution in [1.82, 2.24) is 9.97 Å². The van der Waals surface area contributed by atoms with E-state index in [2.05, 4.69) is 9.97 Å². The first-order chi connectivity index (χ1) is 5.55. The maximum atomic E-state index is 7.15. The number of rotatable bonds is 1. The summed E-state index contributed by atoms with van der Waals surface area (Å²) in [7, 11) is 0. The topological polar surface area (TPSA) is 25.8 Å². The second kappa shape index (κ2) is 2.58. The molecular formula is C7H10N2. The van der Waals surface area contributed by atoms with Gasteiger partial charge in [-0.3, -0.25) is 9.97 Å². The Labute approximate surface area is 59.2 Å². The van der Waals surface area contributed by atoms with Crippen LogP contribution in [0.15, 0.2) is 12.4 Å². The van der Waals surface area contributed by atoms with Crippen molar-refractivity contribution in [3.63, 3.8) is 0 Å². The minimum atomic E-state index is -2.14. The Balaban J connectivity index is 3.14. The highest BCUT2D eigenvalue weighted by Gasteiger charge is 1.92. The Bertz CT molecular complexity index is 270. The van der Waals surface area contributed by atoms with Crippen LogP contribution in [-0.2, 0) is 6.42 Å². The molecule has 0 aliphatic rings. The van der Waals surface area contributed by atoms with Gasteiger partial charge in [0.15, 0.2) is 0 Å². The van der Waals surface area contributed by atoms with Gasteiger partial charge in [0.25, 0.3) is 0 Å². The fourth-order valence-corrected chi connectivity index (χ4v) is 0.626. The van der Waals surface area contributed by atoms with Crippen LogP contribution in [0.4, 0.5) is 0 Å². The standard InChI is InChI=1S/C7H10N2/c1-3-7-6(2)8-4-5-9-7/h4-5H,3H2,1-2H3/i2D3. The van der Waals surface area contributed by atoms with Gasteiger partial charge in [-0.1, -0.05) is 6.92 Å². The Morgan fingerprint density at radius 1 is 1.56 bits per heavy atom. The average molecular weight is 125 g/mol. The third kappa shape index (κ3) is 1.25. The molecule has 0 bridgehead atoms. The molecule has 2 heteroatoms. The molecule has 0 fully saturated rings. The largest absolute Gasteiger partial charge is 0.258 e. The fourth-order valence-electron chi connectivity index (χ4n) is 0.626. The monoisotopic (exact) mass is 125 g/mol. The number of hydrogen-bond donors (Lipinski definition) is 0. The zero-order valence-corrected chi connectivity index (χ0v) is 5.26. The van der Waals surface area contributed by atoms with E-state index in [1.165, 1.54) is 12.4 Å². The van der Waals surface area contributed by atoms with E-state index in [-0.39, 0.29) is 5.69 Å². The van der Waals surface area contributed by atoms with Crippen LogP contribution < -0.4 is 0 Å². The normalized spacial score (nSPS) is 15.9. The van der Waals surface area contributed by atoms with Gasteiger partial charge in [0.1, 0.15) is 0 Å². The predicted octanol–water partition coefficient (Wildman–Crippen LogP) is 1.35. The number of hydrogen-bond acceptors (Lipinski definition) is 2. The van der Waals surface area contributed by atoms with Gasteiger partial charge in [0, 0.05) is 16.5 Å². The lowest BCUT2D eigenvalue weighted by Gasteiger charge is -1.96. The van der Waals surface area contributed by atoms with E-state index in [0.29, 0.717) is 12.1 Å². The number of nitrogens with zero attached hydrogens (tertiary/aromatic N) is 2. The molecule has 0 atom stereocenters. The van der Waals surface area contributed by atoms with Crippen LogP contribution in [0, 0.1) is 6.85 Å². The number of aryl methyl sites for hydroxylation is 2. The Hall–Kier alpha value is -0.920. The van der Waals surface area contributed by atoms with Gasteiger partial charge >= 0.3 is 0 Å². The maximum absolute atomic E-state index is 7.15. The molecule has 9 heavy (non-hydrogen) atoms. The SMILES string of the molecule is [2H]C([2H])([2H])c1nccnc1CC. The van der Waals surface area contributed by atoms with Crippen molar-refractivity contribution < 1.29 is 4.11 Å². The van der Waals surface area contributed by atoms with Crippen molar-refractivity contribution in [1.29, 1.82) is 0 Å². The van der Waals surface area contributed by atoms with Crippen LogP contribution in [0.2, 0.25) is 0 Å². The fraction of sp³-hybridized carbons (Fsp3) is 0.429. The molecule has 0 aromatic carbocycles. The van der Waals surface area contributed by atoms with Gasteiger partial charge in [-0.25, -0.2) is 0 Å². The van der Waals surface area contributed by atoms with Crippen LogP contribution in [0.3, 0.4) is 0 Å². The first-order valence-corrected chi connectivity index (χ1v) is 2.86. The lowest BCUT2D eigenvalue weighted by Crippen LogP contribution is -1.92. The van der Waals surface area contributed by atoms with Gasteiger partial charge in [-0.15, -0.1) is 0 Å². The van der Waals surface area contributed by atoms with E-state index in [1.54, 1.807) is 0 Å². The lowest BCUT2D eigenvalue weighted by atomic mass is 10.3. The summed E-state index contributed by atoms with van der Waals surface area (Å²) in [6, 6.07) is 0. The maximum Gasteiger partial charge on any atom is 0.0613 e. The molecule has 0 radical (unpaired) electrons. The van der Waals surface area contributed by atoms with Crippen molar-refractivity contribution in [2.24, 2.45) is 0 Å². The first-order valence-electron chi connectivity index (χ1n) is 4.36. The zero-order valence-electron chi connectivity index (χ0n) is 8.26. The van der Waals surface area contributed by atoms with Crippen molar-refractivity contribution in [3.8, 4) is 0 Å². The second-order valence-electron chi connectivity index (χ2n) is 1.71. The Morgan fingerprint density at radius 2 is 2.33 bits per heavy atom. The zero-order chi connectivity index (χ0) is 9.19. The van der Waals surface area contributed by atoms with E-state index in [1.807, 2.05) is 6.92 Å². The van der Waals surface area contributed by atoms with E-state index in [4.69, 9.17) is 4.11 Å². The summed E-state index contributed by atoms with van der Waals surface area (Å²) >= 11 is 0. The molecule has 2 nitrogen and oxygen atoms in total. The summed E-state index contributed by atoms with van der Waals surface area (Å²) < 4.78 is 21.4.